The fourth-order valence-corrected chi connectivity index (χ4v) is 2.48. The Hall–Kier alpha value is -2.02. The van der Waals surface area contributed by atoms with Crippen LogP contribution in [0, 0.1) is 5.82 Å². The van der Waals surface area contributed by atoms with Crippen molar-refractivity contribution in [1.29, 1.82) is 0 Å². The molecule has 1 heterocycles. The van der Waals surface area contributed by atoms with Gasteiger partial charge in [-0.2, -0.15) is 0 Å². The van der Waals surface area contributed by atoms with Crippen LogP contribution in [-0.4, -0.2) is 34.4 Å². The number of carbonyl (C=O) groups is 1. The van der Waals surface area contributed by atoms with E-state index in [9.17, 15) is 9.18 Å². The third-order valence-electron chi connectivity index (χ3n) is 2.96. The zero-order chi connectivity index (χ0) is 14.7. The van der Waals surface area contributed by atoms with Crippen LogP contribution in [0.5, 0.6) is 0 Å². The van der Waals surface area contributed by atoms with Gasteiger partial charge < -0.3 is 10.0 Å². The summed E-state index contributed by atoms with van der Waals surface area (Å²) in [5.41, 5.74) is 0.933. The summed E-state index contributed by atoms with van der Waals surface area (Å²) < 4.78 is 12.8. The molecular formula is C13H14FN3O2S. The minimum absolute atomic E-state index is 0.276. The van der Waals surface area contributed by atoms with Gasteiger partial charge in [-0.3, -0.25) is 0 Å². The molecule has 1 atom stereocenters. The van der Waals surface area contributed by atoms with Crippen LogP contribution in [0.15, 0.2) is 24.3 Å². The second-order valence-electron chi connectivity index (χ2n) is 4.41. The molecule has 0 fully saturated rings. The zero-order valence-corrected chi connectivity index (χ0v) is 11.9. The van der Waals surface area contributed by atoms with Gasteiger partial charge in [0.2, 0.25) is 5.13 Å². The standard InChI is InChI=1S/C13H14FN3O2S/c1-8(12(18)19)17(2)13-16-15-11(20-13)7-9-3-5-10(14)6-4-9/h3-6,8H,7H2,1-2H3,(H,18,19). The number of benzene rings is 1. The monoisotopic (exact) mass is 295 g/mol. The van der Waals surface area contributed by atoms with Crippen LogP contribution in [0.25, 0.3) is 0 Å². The quantitative estimate of drug-likeness (QED) is 0.915. The highest BCUT2D eigenvalue weighted by molar-refractivity contribution is 7.15. The van der Waals surface area contributed by atoms with E-state index in [1.807, 2.05) is 0 Å². The number of hydrogen-bond acceptors (Lipinski definition) is 5. The molecule has 0 spiro atoms. The summed E-state index contributed by atoms with van der Waals surface area (Å²) in [5, 5.41) is 18.3. The van der Waals surface area contributed by atoms with Gasteiger partial charge in [0.25, 0.3) is 0 Å². The van der Waals surface area contributed by atoms with Gasteiger partial charge in [0.05, 0.1) is 0 Å². The first-order valence-corrected chi connectivity index (χ1v) is 6.81. The summed E-state index contributed by atoms with van der Waals surface area (Å²) in [6.07, 6.45) is 0.549. The van der Waals surface area contributed by atoms with Crippen LogP contribution < -0.4 is 4.90 Å². The van der Waals surface area contributed by atoms with Crippen molar-refractivity contribution in [3.05, 3.63) is 40.7 Å². The molecule has 0 aliphatic carbocycles. The first kappa shape index (κ1) is 14.4. The van der Waals surface area contributed by atoms with E-state index in [0.717, 1.165) is 10.6 Å². The lowest BCUT2D eigenvalue weighted by molar-refractivity contribution is -0.138. The van der Waals surface area contributed by atoms with Gasteiger partial charge in [-0.05, 0) is 24.6 Å². The average molecular weight is 295 g/mol. The molecule has 0 radical (unpaired) electrons. The van der Waals surface area contributed by atoms with E-state index >= 15 is 0 Å². The highest BCUT2D eigenvalue weighted by atomic mass is 32.1. The number of halogens is 1. The normalized spacial score (nSPS) is 12.2. The molecule has 20 heavy (non-hydrogen) atoms. The molecule has 1 aromatic carbocycles. The summed E-state index contributed by atoms with van der Waals surface area (Å²) >= 11 is 1.33. The lowest BCUT2D eigenvalue weighted by Crippen LogP contribution is -2.35. The summed E-state index contributed by atoms with van der Waals surface area (Å²) in [4.78, 5) is 12.5. The average Bonchev–Trinajstić information content (AvgIpc) is 2.88. The third-order valence-corrected chi connectivity index (χ3v) is 3.98. The van der Waals surface area contributed by atoms with E-state index in [2.05, 4.69) is 10.2 Å². The Morgan fingerprint density at radius 2 is 2.05 bits per heavy atom. The number of anilines is 1. The summed E-state index contributed by atoms with van der Waals surface area (Å²) in [6, 6.07) is 5.52. The number of rotatable bonds is 5. The first-order chi connectivity index (χ1) is 9.47. The molecule has 2 aromatic rings. The number of nitrogens with zero attached hydrogens (tertiary/aromatic N) is 3. The smallest absolute Gasteiger partial charge is 0.326 e. The van der Waals surface area contributed by atoms with E-state index in [1.54, 1.807) is 31.0 Å². The Labute approximate surface area is 119 Å². The molecule has 1 unspecified atom stereocenters. The van der Waals surface area contributed by atoms with Gasteiger partial charge in [-0.15, -0.1) is 10.2 Å². The van der Waals surface area contributed by atoms with Gasteiger partial charge in [0.15, 0.2) is 0 Å². The van der Waals surface area contributed by atoms with Crippen LogP contribution in [0.1, 0.15) is 17.5 Å². The van der Waals surface area contributed by atoms with Crippen LogP contribution >= 0.6 is 11.3 Å². The lowest BCUT2D eigenvalue weighted by Gasteiger charge is -2.19. The molecule has 0 saturated carbocycles. The number of likely N-dealkylation sites (N-methyl/N-ethyl adjacent to an activating group) is 1. The molecule has 0 amide bonds. The summed E-state index contributed by atoms with van der Waals surface area (Å²) in [7, 11) is 1.67. The van der Waals surface area contributed by atoms with Gasteiger partial charge in [0.1, 0.15) is 16.9 Å². The number of carboxylic acid groups (broad SMARTS) is 1. The van der Waals surface area contributed by atoms with Crippen molar-refractivity contribution in [1.82, 2.24) is 10.2 Å². The van der Waals surface area contributed by atoms with E-state index < -0.39 is 12.0 Å². The number of aliphatic carboxylic acids is 1. The van der Waals surface area contributed by atoms with Crippen LogP contribution in [-0.2, 0) is 11.2 Å². The minimum Gasteiger partial charge on any atom is -0.480 e. The van der Waals surface area contributed by atoms with Crippen LogP contribution in [0.2, 0.25) is 0 Å². The maximum Gasteiger partial charge on any atom is 0.326 e. The SMILES string of the molecule is CC(C(=O)O)N(C)c1nnc(Cc2ccc(F)cc2)s1. The predicted molar refractivity (Wildman–Crippen MR) is 74.6 cm³/mol. The van der Waals surface area contributed by atoms with Crippen molar-refractivity contribution in [3.8, 4) is 0 Å². The Kier molecular flexibility index (Phi) is 4.29. The second kappa shape index (κ2) is 5.96. The third kappa shape index (κ3) is 3.30. The van der Waals surface area contributed by atoms with Crippen LogP contribution in [0.3, 0.4) is 0 Å². The number of carboxylic acids is 1. The molecule has 106 valence electrons. The van der Waals surface area contributed by atoms with Crippen molar-refractivity contribution in [2.45, 2.75) is 19.4 Å². The van der Waals surface area contributed by atoms with E-state index in [-0.39, 0.29) is 5.82 Å². The Bertz CT molecular complexity index is 600. The first-order valence-electron chi connectivity index (χ1n) is 6.00. The molecule has 0 saturated heterocycles. The molecule has 0 bridgehead atoms. The lowest BCUT2D eigenvalue weighted by atomic mass is 10.2. The maximum atomic E-state index is 12.8. The fraction of sp³-hybridized carbons (Fsp3) is 0.308. The van der Waals surface area contributed by atoms with Gasteiger partial charge in [0, 0.05) is 13.5 Å². The van der Waals surface area contributed by atoms with Crippen molar-refractivity contribution in [3.63, 3.8) is 0 Å². The summed E-state index contributed by atoms with van der Waals surface area (Å²) in [6.45, 7) is 1.59. The van der Waals surface area contributed by atoms with Crippen molar-refractivity contribution < 1.29 is 14.3 Å². The molecule has 0 aliphatic heterocycles. The predicted octanol–water partition coefficient (Wildman–Crippen LogP) is 2.18. The van der Waals surface area contributed by atoms with E-state index in [0.29, 0.717) is 11.6 Å². The van der Waals surface area contributed by atoms with Gasteiger partial charge in [-0.1, -0.05) is 23.5 Å². The molecule has 0 aliphatic rings. The second-order valence-corrected chi connectivity index (χ2v) is 5.45. The number of aromatic nitrogens is 2. The van der Waals surface area contributed by atoms with E-state index in [1.165, 1.54) is 23.5 Å². The molecule has 7 heteroatoms. The Balaban J connectivity index is 2.09. The van der Waals surface area contributed by atoms with Crippen LogP contribution in [0.4, 0.5) is 9.52 Å². The highest BCUT2D eigenvalue weighted by Crippen LogP contribution is 2.23. The Morgan fingerprint density at radius 3 is 2.65 bits per heavy atom. The largest absolute Gasteiger partial charge is 0.480 e. The van der Waals surface area contributed by atoms with Gasteiger partial charge >= 0.3 is 5.97 Å². The van der Waals surface area contributed by atoms with Crippen molar-refractivity contribution in [2.24, 2.45) is 0 Å². The van der Waals surface area contributed by atoms with Crippen molar-refractivity contribution in [2.75, 3.05) is 11.9 Å². The topological polar surface area (TPSA) is 66.3 Å². The Morgan fingerprint density at radius 1 is 1.40 bits per heavy atom. The maximum absolute atomic E-state index is 12.8. The molecule has 1 N–H and O–H groups in total. The summed E-state index contributed by atoms with van der Waals surface area (Å²) in [5.74, 6) is -1.19. The van der Waals surface area contributed by atoms with E-state index in [4.69, 9.17) is 5.11 Å². The van der Waals surface area contributed by atoms with Gasteiger partial charge in [-0.25, -0.2) is 9.18 Å². The minimum atomic E-state index is -0.914. The molecule has 1 aromatic heterocycles. The zero-order valence-electron chi connectivity index (χ0n) is 11.1. The van der Waals surface area contributed by atoms with Crippen molar-refractivity contribution >= 4 is 22.4 Å². The molecular weight excluding hydrogens is 281 g/mol. The molecule has 5 nitrogen and oxygen atoms in total. The number of hydrogen-bond donors (Lipinski definition) is 1. The molecule has 2 rings (SSSR count). The highest BCUT2D eigenvalue weighted by Gasteiger charge is 2.20. The fourth-order valence-electron chi connectivity index (χ4n) is 1.57.